The summed E-state index contributed by atoms with van der Waals surface area (Å²) < 4.78 is 5.32. The molecule has 1 aliphatic rings. The van der Waals surface area contributed by atoms with E-state index in [4.69, 9.17) is 4.42 Å². The van der Waals surface area contributed by atoms with Crippen LogP contribution in [0.5, 0.6) is 0 Å². The van der Waals surface area contributed by atoms with Crippen molar-refractivity contribution in [3.05, 3.63) is 11.8 Å². The number of carbonyl (C=O) groups is 1. The summed E-state index contributed by atoms with van der Waals surface area (Å²) in [5.41, 5.74) is 0. The van der Waals surface area contributed by atoms with E-state index in [9.17, 15) is 4.79 Å². The predicted octanol–water partition coefficient (Wildman–Crippen LogP) is 1.08. The second kappa shape index (κ2) is 6.65. The summed E-state index contributed by atoms with van der Waals surface area (Å²) in [6.07, 6.45) is 2.95. The third-order valence-electron chi connectivity index (χ3n) is 3.40. The number of nitrogens with one attached hydrogen (secondary N) is 1. The number of amides is 1. The van der Waals surface area contributed by atoms with Crippen LogP contribution in [0.3, 0.4) is 0 Å². The fourth-order valence-corrected chi connectivity index (χ4v) is 2.31. The Labute approximate surface area is 113 Å². The Hall–Kier alpha value is -1.43. The monoisotopic (exact) mass is 266 g/mol. The van der Waals surface area contributed by atoms with E-state index in [1.165, 1.54) is 12.8 Å². The molecule has 1 N–H and O–H groups in total. The van der Waals surface area contributed by atoms with Crippen LogP contribution >= 0.6 is 0 Å². The first-order valence-corrected chi connectivity index (χ1v) is 6.94. The van der Waals surface area contributed by atoms with Crippen molar-refractivity contribution < 1.29 is 9.21 Å². The topological polar surface area (TPSA) is 71.3 Å². The van der Waals surface area contributed by atoms with Gasteiger partial charge < -0.3 is 14.6 Å². The van der Waals surface area contributed by atoms with E-state index in [2.05, 4.69) is 20.4 Å². The molecular weight excluding hydrogens is 244 g/mol. The SMILES string of the molecule is Cc1nnc(C(C)CC(=O)NCCN2CCCC2)o1. The van der Waals surface area contributed by atoms with E-state index in [0.717, 1.165) is 19.6 Å². The minimum atomic E-state index is -0.0343. The van der Waals surface area contributed by atoms with Gasteiger partial charge in [-0.15, -0.1) is 10.2 Å². The summed E-state index contributed by atoms with van der Waals surface area (Å²) in [7, 11) is 0. The van der Waals surface area contributed by atoms with Crippen molar-refractivity contribution in [2.45, 2.75) is 39.0 Å². The number of hydrogen-bond donors (Lipinski definition) is 1. The summed E-state index contributed by atoms with van der Waals surface area (Å²) in [4.78, 5) is 14.2. The molecule has 0 aromatic carbocycles. The molecular formula is C13H22N4O2. The highest BCUT2D eigenvalue weighted by atomic mass is 16.4. The molecule has 1 saturated heterocycles. The number of carbonyl (C=O) groups excluding carboxylic acids is 1. The van der Waals surface area contributed by atoms with Crippen LogP contribution in [0.2, 0.25) is 0 Å². The van der Waals surface area contributed by atoms with Crippen molar-refractivity contribution in [2.24, 2.45) is 0 Å². The Morgan fingerprint density at radius 3 is 2.79 bits per heavy atom. The van der Waals surface area contributed by atoms with Crippen LogP contribution < -0.4 is 5.32 Å². The summed E-state index contributed by atoms with van der Waals surface area (Å²) in [6.45, 7) is 7.65. The van der Waals surface area contributed by atoms with Gasteiger partial charge in [0, 0.05) is 32.4 Å². The Kier molecular flexibility index (Phi) is 4.90. The van der Waals surface area contributed by atoms with Crippen molar-refractivity contribution in [3.63, 3.8) is 0 Å². The van der Waals surface area contributed by atoms with Gasteiger partial charge in [0.15, 0.2) is 0 Å². The Balaban J connectivity index is 1.66. The van der Waals surface area contributed by atoms with E-state index < -0.39 is 0 Å². The second-order valence-electron chi connectivity index (χ2n) is 5.16. The zero-order valence-electron chi connectivity index (χ0n) is 11.7. The first-order valence-electron chi connectivity index (χ1n) is 6.94. The molecule has 2 heterocycles. The van der Waals surface area contributed by atoms with E-state index in [1.807, 2.05) is 6.92 Å². The number of rotatable bonds is 6. The third-order valence-corrected chi connectivity index (χ3v) is 3.40. The van der Waals surface area contributed by atoms with E-state index in [-0.39, 0.29) is 11.8 Å². The quantitative estimate of drug-likeness (QED) is 0.834. The molecule has 6 heteroatoms. The zero-order valence-corrected chi connectivity index (χ0v) is 11.7. The molecule has 1 aromatic rings. The first-order chi connectivity index (χ1) is 9.15. The van der Waals surface area contributed by atoms with Crippen molar-refractivity contribution in [1.29, 1.82) is 0 Å². The van der Waals surface area contributed by atoms with Crippen molar-refractivity contribution >= 4 is 5.91 Å². The standard InChI is InChI=1S/C13H22N4O2/c1-10(13-16-15-11(2)19-13)9-12(18)14-5-8-17-6-3-4-7-17/h10H,3-9H2,1-2H3,(H,14,18). The molecule has 0 radical (unpaired) electrons. The highest BCUT2D eigenvalue weighted by Crippen LogP contribution is 2.16. The molecule has 19 heavy (non-hydrogen) atoms. The molecule has 1 atom stereocenters. The van der Waals surface area contributed by atoms with E-state index in [0.29, 0.717) is 24.7 Å². The van der Waals surface area contributed by atoms with Gasteiger partial charge in [0.2, 0.25) is 17.7 Å². The molecule has 0 aliphatic carbocycles. The molecule has 1 aliphatic heterocycles. The van der Waals surface area contributed by atoms with Crippen LogP contribution in [0.1, 0.15) is 43.9 Å². The molecule has 0 spiro atoms. The maximum Gasteiger partial charge on any atom is 0.220 e. The van der Waals surface area contributed by atoms with Crippen molar-refractivity contribution in [2.75, 3.05) is 26.2 Å². The Bertz CT molecular complexity index is 413. The fraction of sp³-hybridized carbons (Fsp3) is 0.769. The lowest BCUT2D eigenvalue weighted by Gasteiger charge is -2.15. The van der Waals surface area contributed by atoms with Crippen LogP contribution in [-0.2, 0) is 4.79 Å². The fourth-order valence-electron chi connectivity index (χ4n) is 2.31. The summed E-state index contributed by atoms with van der Waals surface area (Å²) in [5.74, 6) is 1.08. The van der Waals surface area contributed by atoms with Gasteiger partial charge in [0.1, 0.15) is 0 Å². The summed E-state index contributed by atoms with van der Waals surface area (Å²) >= 11 is 0. The minimum absolute atomic E-state index is 0.0343. The van der Waals surface area contributed by atoms with Crippen LogP contribution in [0, 0.1) is 6.92 Å². The highest BCUT2D eigenvalue weighted by Gasteiger charge is 2.17. The smallest absolute Gasteiger partial charge is 0.220 e. The van der Waals surface area contributed by atoms with E-state index in [1.54, 1.807) is 6.92 Å². The molecule has 0 bridgehead atoms. The zero-order chi connectivity index (χ0) is 13.7. The number of likely N-dealkylation sites (tertiary alicyclic amines) is 1. The van der Waals surface area contributed by atoms with Gasteiger partial charge in [-0.2, -0.15) is 0 Å². The molecule has 106 valence electrons. The molecule has 1 amide bonds. The van der Waals surface area contributed by atoms with Crippen molar-refractivity contribution in [3.8, 4) is 0 Å². The number of aromatic nitrogens is 2. The maximum absolute atomic E-state index is 11.8. The average Bonchev–Trinajstić information content (AvgIpc) is 3.00. The van der Waals surface area contributed by atoms with Gasteiger partial charge in [-0.1, -0.05) is 6.92 Å². The average molecular weight is 266 g/mol. The first kappa shape index (κ1) is 14.0. The van der Waals surface area contributed by atoms with Gasteiger partial charge in [-0.05, 0) is 25.9 Å². The van der Waals surface area contributed by atoms with Gasteiger partial charge >= 0.3 is 0 Å². The summed E-state index contributed by atoms with van der Waals surface area (Å²) in [6, 6.07) is 0. The van der Waals surface area contributed by atoms with Crippen molar-refractivity contribution in [1.82, 2.24) is 20.4 Å². The second-order valence-corrected chi connectivity index (χ2v) is 5.16. The minimum Gasteiger partial charge on any atom is -0.425 e. The number of nitrogens with zero attached hydrogens (tertiary/aromatic N) is 3. The lowest BCUT2D eigenvalue weighted by atomic mass is 10.1. The Morgan fingerprint density at radius 1 is 1.42 bits per heavy atom. The van der Waals surface area contributed by atoms with Crippen LogP contribution in [0.4, 0.5) is 0 Å². The highest BCUT2D eigenvalue weighted by molar-refractivity contribution is 5.76. The van der Waals surface area contributed by atoms with Gasteiger partial charge in [0.25, 0.3) is 0 Å². The molecule has 2 rings (SSSR count). The molecule has 1 aromatic heterocycles. The normalized spacial score (nSPS) is 17.6. The lowest BCUT2D eigenvalue weighted by molar-refractivity contribution is -0.121. The molecule has 1 unspecified atom stereocenters. The van der Waals surface area contributed by atoms with Gasteiger partial charge in [-0.3, -0.25) is 4.79 Å². The van der Waals surface area contributed by atoms with E-state index >= 15 is 0 Å². The largest absolute Gasteiger partial charge is 0.425 e. The molecule has 1 fully saturated rings. The number of hydrogen-bond acceptors (Lipinski definition) is 5. The van der Waals surface area contributed by atoms with Crippen LogP contribution in [0.15, 0.2) is 4.42 Å². The van der Waals surface area contributed by atoms with Crippen LogP contribution in [0.25, 0.3) is 0 Å². The molecule has 0 saturated carbocycles. The van der Waals surface area contributed by atoms with Gasteiger partial charge in [0.05, 0.1) is 0 Å². The Morgan fingerprint density at radius 2 is 2.16 bits per heavy atom. The summed E-state index contributed by atoms with van der Waals surface area (Å²) in [5, 5.41) is 10.7. The maximum atomic E-state index is 11.8. The third kappa shape index (κ3) is 4.31. The predicted molar refractivity (Wildman–Crippen MR) is 70.8 cm³/mol. The van der Waals surface area contributed by atoms with Gasteiger partial charge in [-0.25, -0.2) is 0 Å². The number of aryl methyl sites for hydroxylation is 1. The molecule has 6 nitrogen and oxygen atoms in total. The lowest BCUT2D eigenvalue weighted by Crippen LogP contribution is -2.33. The van der Waals surface area contributed by atoms with Crippen LogP contribution in [-0.4, -0.2) is 47.2 Å².